The zero-order chi connectivity index (χ0) is 107. The van der Waals surface area contributed by atoms with Crippen LogP contribution in [-0.2, 0) is 16.2 Å². The third-order valence-corrected chi connectivity index (χ3v) is 20.5. The molecule has 1 aliphatic rings. The van der Waals surface area contributed by atoms with Crippen molar-refractivity contribution >= 4 is 61.7 Å². The van der Waals surface area contributed by atoms with Gasteiger partial charge in [-0.15, -0.1) is 0 Å². The normalized spacial score (nSPS) is 22.4. The van der Waals surface area contributed by atoms with Gasteiger partial charge in [-0.3, -0.25) is 13.7 Å². The van der Waals surface area contributed by atoms with Gasteiger partial charge in [0, 0.05) is 45.0 Å². The maximum atomic E-state index is 11.5. The fourth-order valence-electron chi connectivity index (χ4n) is 12.0. The van der Waals surface area contributed by atoms with Crippen molar-refractivity contribution in [2.45, 2.75) is 77.2 Å². The van der Waals surface area contributed by atoms with Crippen LogP contribution in [-0.4, -0.2) is 22.2 Å². The smallest absolute Gasteiger partial charge is 0.269 e. The number of pyridine rings is 1. The molecule has 0 bridgehead atoms. The van der Waals surface area contributed by atoms with Crippen molar-refractivity contribution in [2.24, 2.45) is 0 Å². The zero-order valence-corrected chi connectivity index (χ0v) is 51.7. The van der Waals surface area contributed by atoms with Crippen molar-refractivity contribution in [2.75, 3.05) is 0 Å². The van der Waals surface area contributed by atoms with Gasteiger partial charge < -0.3 is 4.74 Å². The third kappa shape index (κ3) is 10.6. The van der Waals surface area contributed by atoms with Gasteiger partial charge in [-0.05, 0) is 178 Å². The minimum absolute atomic E-state index is 0.0693. The van der Waals surface area contributed by atoms with Crippen LogP contribution in [0, 0.1) is 6.33 Å². The Balaban J connectivity index is 1.19. The average molecular weight is 1310 g/mol. The van der Waals surface area contributed by atoms with E-state index in [1.807, 2.05) is 61.7 Å². The van der Waals surface area contributed by atoms with E-state index in [1.165, 1.54) is 24.3 Å². The van der Waals surface area contributed by atoms with E-state index in [0.29, 0.717) is 23.5 Å². The topological polar surface area (TPSA) is 35.9 Å². The average Bonchev–Trinajstić information content (AvgIpc) is 0.668. The van der Waals surface area contributed by atoms with E-state index in [-0.39, 0.29) is 33.7 Å². The van der Waals surface area contributed by atoms with Crippen LogP contribution in [0.25, 0.3) is 94.5 Å². The van der Waals surface area contributed by atoms with E-state index in [0.717, 1.165) is 49.2 Å². The number of ether oxygens (including phenoxy) is 1. The standard InChI is InChI=1S/C90H76N4OSi/c1-88(2,3)68-49-52-91-86(58-68)94-82-42-24-23-41-76(82)77-46-45-71(60-84(77)94)95-70-33-26-32-69(59-70)92-61-93(83-48-44-64(57-85(83)92)62-27-13-8-14-28-62)87-78(54-67(63-29-15-9-16-30-63)55-79(87)66-43-47-80-81(56-66)90(6,7)51-50-89(80,4)5)65-31-25-40-75(53-65)96(72-34-17-10-18-35-72,73-36-19-11-20-37-73)74-38-21-12-22-39-74/h8-49,52-60H,50-51H2,1-7H3/i4D3,5D3,6D3,7D3,8D,9D,10D,11D,12D,13D,14D,15D,16D,17D,18D,19D,20D,21D,22D,25D,27D,28D,29D,30D,31D,34D,35D,36D,37D,38D,39D,40D,43D,47D,50D2,51D2,53D,56D. The van der Waals surface area contributed by atoms with Gasteiger partial charge in [0.25, 0.3) is 6.33 Å². The van der Waals surface area contributed by atoms with E-state index < -0.39 is 334 Å². The maximum Gasteiger partial charge on any atom is 0.269 e. The van der Waals surface area contributed by atoms with Gasteiger partial charge in [-0.2, -0.15) is 0 Å². The van der Waals surface area contributed by atoms with Crippen LogP contribution in [0.1, 0.15) is 143 Å². The minimum atomic E-state index is -7.07. The Kier molecular flexibility index (Phi) is 6.81. The summed E-state index contributed by atoms with van der Waals surface area (Å²) in [6.45, 7) is -13.0. The van der Waals surface area contributed by atoms with Crippen LogP contribution < -0.4 is 30.1 Å². The molecule has 3 heterocycles. The molecule has 466 valence electrons. The van der Waals surface area contributed by atoms with Crippen LogP contribution in [0.5, 0.6) is 11.5 Å². The number of fused-ring (bicyclic) bond motifs is 5. The monoisotopic (exact) mass is 1300 g/mol. The summed E-state index contributed by atoms with van der Waals surface area (Å²) in [7, 11) is -7.07. The summed E-state index contributed by atoms with van der Waals surface area (Å²) < 4.78 is 473. The molecule has 15 aromatic rings. The summed E-state index contributed by atoms with van der Waals surface area (Å²) >= 11 is 0. The molecule has 3 aromatic heterocycles. The van der Waals surface area contributed by atoms with Crippen molar-refractivity contribution in [3.05, 3.63) is 332 Å². The Labute approximate surface area is 632 Å². The van der Waals surface area contributed by atoms with Gasteiger partial charge in [0.15, 0.2) is 8.07 Å². The summed E-state index contributed by atoms with van der Waals surface area (Å²) in [5.74, 6) is 0.577. The number of aromatic nitrogens is 4. The highest BCUT2D eigenvalue weighted by Gasteiger charge is 2.42. The molecule has 12 aromatic carbocycles. The maximum absolute atomic E-state index is 11.5. The molecule has 0 saturated heterocycles. The summed E-state index contributed by atoms with van der Waals surface area (Å²) in [5.41, 5.74) is -23.0. The molecule has 16 rings (SSSR count). The number of para-hydroxylation sites is 1. The van der Waals surface area contributed by atoms with Crippen LogP contribution in [0.3, 0.4) is 0 Å². The minimum Gasteiger partial charge on any atom is -0.458 e. The van der Waals surface area contributed by atoms with Crippen molar-refractivity contribution in [3.8, 4) is 73.2 Å². The number of hydrogen-bond acceptors (Lipinski definition) is 2. The fraction of sp³-hybridized carbons (Fsp3) is 0.133. The Morgan fingerprint density at radius 1 is 0.490 bits per heavy atom. The molecule has 6 heteroatoms. The molecule has 0 fully saturated rings. The molecule has 1 aliphatic carbocycles. The van der Waals surface area contributed by atoms with E-state index in [9.17, 15) is 56.2 Å². The SMILES string of the molecule is [2H]c1c([2H])c([2H])c(-c2cc(-c3c([2H])c([2H])c4c(c3[2H])C(C([2H])([2H])[2H])(C([2H])([2H])[2H])C([2H])([2H])C([2H])([2H])C4(C([2H])([2H])[2H])C([2H])([2H])[2H])c(-[n+]3[c-]n(-c4cccc(Oc5ccc6c7ccccc7n(-c7cc(C(C)(C)C)ccn7)c6c5)c4)c4cc(-c5c([2H])c([2H])c([2H])c([2H])c5[2H])ccc43)c(-c3c([2H])c([2H])c([2H])c([Si](c4c([2H])c([2H])c([2H])c([2H])c4[2H])(c4c([2H])c([2H])c([2H])c([2H])c4[2H])c4c([2H])c([2H])c([2H])c([2H])c4[2H])c3[2H])c2)c([2H])c1[2H]. The van der Waals surface area contributed by atoms with E-state index >= 15 is 0 Å². The largest absolute Gasteiger partial charge is 0.458 e. The molecular weight excluding hydrogens is 1180 g/mol. The third-order valence-electron chi connectivity index (χ3n) is 16.5. The van der Waals surface area contributed by atoms with Crippen molar-refractivity contribution in [3.63, 3.8) is 0 Å². The summed E-state index contributed by atoms with van der Waals surface area (Å²) in [6.07, 6.45) is -5.32. The highest BCUT2D eigenvalue weighted by molar-refractivity contribution is 7.20. The van der Waals surface area contributed by atoms with Crippen molar-refractivity contribution in [1.82, 2.24) is 14.1 Å². The Morgan fingerprint density at radius 2 is 1.07 bits per heavy atom. The van der Waals surface area contributed by atoms with Crippen molar-refractivity contribution < 1.29 is 75.1 Å². The molecular formula is C90H76N4OSi. The van der Waals surface area contributed by atoms with Crippen LogP contribution in [0.15, 0.2) is 309 Å². The Hall–Kier alpha value is -10.9. The van der Waals surface area contributed by atoms with Gasteiger partial charge in [0.05, 0.1) is 77.3 Å². The highest BCUT2D eigenvalue weighted by atomic mass is 28.3. The quantitative estimate of drug-likeness (QED) is 0.0499. The molecule has 5 nitrogen and oxygen atoms in total. The van der Waals surface area contributed by atoms with Crippen molar-refractivity contribution in [1.29, 1.82) is 0 Å². The first-order valence-electron chi connectivity index (χ1n) is 53.6. The van der Waals surface area contributed by atoms with Crippen LogP contribution in [0.4, 0.5) is 0 Å². The number of benzene rings is 12. The Morgan fingerprint density at radius 3 is 1.73 bits per heavy atom. The highest BCUT2D eigenvalue weighted by Crippen LogP contribution is 2.49. The number of nitrogens with zero attached hydrogens (tertiary/aromatic N) is 4. The number of hydrogen-bond donors (Lipinski definition) is 0. The molecule has 0 saturated carbocycles. The van der Waals surface area contributed by atoms with E-state index in [1.54, 1.807) is 24.4 Å². The summed E-state index contributed by atoms with van der Waals surface area (Å²) in [6, 6.07) is -17.8. The molecule has 0 amide bonds. The van der Waals surface area contributed by atoms with Gasteiger partial charge in [0.1, 0.15) is 17.3 Å². The summed E-state index contributed by atoms with van der Waals surface area (Å²) in [4.78, 5) is 4.80. The second-order valence-corrected chi connectivity index (χ2v) is 26.9. The molecule has 0 aliphatic heterocycles. The van der Waals surface area contributed by atoms with Crippen LogP contribution in [0.2, 0.25) is 0 Å². The first-order chi connectivity index (χ1) is 66.5. The predicted octanol–water partition coefficient (Wildman–Crippen LogP) is 19.7. The zero-order valence-electron chi connectivity index (χ0n) is 98.7. The van der Waals surface area contributed by atoms with Gasteiger partial charge in [-0.1, -0.05) is 278 Å². The van der Waals surface area contributed by atoms with Gasteiger partial charge >= 0.3 is 0 Å². The van der Waals surface area contributed by atoms with Gasteiger partial charge in [-0.25, -0.2) is 4.98 Å². The lowest BCUT2D eigenvalue weighted by Gasteiger charge is -2.42. The first kappa shape index (κ1) is 27.4. The first-order valence-corrected chi connectivity index (χ1v) is 31.6. The van der Waals surface area contributed by atoms with E-state index in [2.05, 4.69) is 6.33 Å². The Bertz CT molecular complexity index is 7800. The number of rotatable bonds is 13. The van der Waals surface area contributed by atoms with Crippen LogP contribution >= 0.6 is 0 Å². The molecule has 0 radical (unpaired) electrons. The molecule has 96 heavy (non-hydrogen) atoms. The lowest BCUT2D eigenvalue weighted by Crippen LogP contribution is -2.74. The van der Waals surface area contributed by atoms with Gasteiger partial charge in [0.2, 0.25) is 0 Å². The summed E-state index contributed by atoms with van der Waals surface area (Å²) in [5, 5.41) is -4.28. The molecule has 0 unspecified atom stereocenters. The molecule has 0 atom stereocenters. The predicted molar refractivity (Wildman–Crippen MR) is 402 cm³/mol. The van der Waals surface area contributed by atoms with E-state index in [4.69, 9.17) is 19.3 Å². The molecule has 0 N–H and O–H groups in total. The number of imidazole rings is 1. The lowest BCUT2D eigenvalue weighted by molar-refractivity contribution is -0.571. The fourth-order valence-corrected chi connectivity index (χ4v) is 15.6. The second-order valence-electron chi connectivity index (χ2n) is 23.4. The molecule has 0 spiro atoms. The second kappa shape index (κ2) is 23.8. The lowest BCUT2D eigenvalue weighted by atomic mass is 9.63.